The molecule has 5 nitrogen and oxygen atoms in total. The van der Waals surface area contributed by atoms with Gasteiger partial charge in [0.15, 0.2) is 0 Å². The maximum atomic E-state index is 11.2. The molecule has 1 aromatic rings. The molecule has 0 aromatic heterocycles. The Morgan fingerprint density at radius 2 is 1.84 bits per heavy atom. The molecule has 19 heavy (non-hydrogen) atoms. The third-order valence-corrected chi connectivity index (χ3v) is 2.53. The lowest BCUT2D eigenvalue weighted by Gasteiger charge is -2.08. The molecule has 0 aliphatic carbocycles. The first kappa shape index (κ1) is 15.0. The number of esters is 2. The molecule has 0 heterocycles. The molecule has 0 radical (unpaired) electrons. The Bertz CT molecular complexity index is 453. The Hall–Kier alpha value is -2.04. The fraction of sp³-hybridized carbons (Fsp3) is 0.429. The zero-order valence-corrected chi connectivity index (χ0v) is 11.4. The van der Waals surface area contributed by atoms with Gasteiger partial charge in [0, 0.05) is 6.42 Å². The molecule has 0 bridgehead atoms. The van der Waals surface area contributed by atoms with Crippen LogP contribution < -0.4 is 4.74 Å². The monoisotopic (exact) mass is 266 g/mol. The van der Waals surface area contributed by atoms with Crippen LogP contribution in [-0.4, -0.2) is 32.3 Å². The molecule has 0 saturated carbocycles. The van der Waals surface area contributed by atoms with Crippen molar-refractivity contribution in [3.8, 4) is 5.75 Å². The SMILES string of the molecule is CCOC(=O)C(=O)OCCc1ccc(OC)c(C)c1. The van der Waals surface area contributed by atoms with E-state index >= 15 is 0 Å². The largest absolute Gasteiger partial charge is 0.496 e. The van der Waals surface area contributed by atoms with Crippen molar-refractivity contribution < 1.29 is 23.8 Å². The molecule has 0 N–H and O–H groups in total. The summed E-state index contributed by atoms with van der Waals surface area (Å²) in [6.45, 7) is 3.87. The first-order valence-corrected chi connectivity index (χ1v) is 6.05. The maximum absolute atomic E-state index is 11.2. The number of hydrogen-bond acceptors (Lipinski definition) is 5. The van der Waals surface area contributed by atoms with Gasteiger partial charge >= 0.3 is 11.9 Å². The number of rotatable bonds is 5. The number of hydrogen-bond donors (Lipinski definition) is 0. The minimum Gasteiger partial charge on any atom is -0.496 e. The van der Waals surface area contributed by atoms with E-state index in [0.29, 0.717) is 6.42 Å². The van der Waals surface area contributed by atoms with E-state index in [0.717, 1.165) is 16.9 Å². The van der Waals surface area contributed by atoms with Gasteiger partial charge in [0.05, 0.1) is 20.3 Å². The highest BCUT2D eigenvalue weighted by Gasteiger charge is 2.16. The molecule has 104 valence electrons. The fourth-order valence-electron chi connectivity index (χ4n) is 1.61. The minimum absolute atomic E-state index is 0.142. The van der Waals surface area contributed by atoms with Gasteiger partial charge in [-0.05, 0) is 31.0 Å². The van der Waals surface area contributed by atoms with Gasteiger partial charge in [-0.25, -0.2) is 9.59 Å². The van der Waals surface area contributed by atoms with Crippen LogP contribution in [0, 0.1) is 6.92 Å². The van der Waals surface area contributed by atoms with Crippen molar-refractivity contribution in [2.45, 2.75) is 20.3 Å². The van der Waals surface area contributed by atoms with Gasteiger partial charge in [-0.15, -0.1) is 0 Å². The predicted octanol–water partition coefficient (Wildman–Crippen LogP) is 1.65. The average Bonchev–Trinajstić information content (AvgIpc) is 2.39. The molecule has 0 saturated heterocycles. The fourth-order valence-corrected chi connectivity index (χ4v) is 1.61. The lowest BCUT2D eigenvalue weighted by molar-refractivity contribution is -0.167. The summed E-state index contributed by atoms with van der Waals surface area (Å²) < 4.78 is 14.5. The first-order chi connectivity index (χ1) is 9.08. The van der Waals surface area contributed by atoms with Crippen LogP contribution in [0.15, 0.2) is 18.2 Å². The third-order valence-electron chi connectivity index (χ3n) is 2.53. The van der Waals surface area contributed by atoms with Gasteiger partial charge in [0.25, 0.3) is 0 Å². The number of methoxy groups -OCH3 is 1. The van der Waals surface area contributed by atoms with E-state index in [9.17, 15) is 9.59 Å². The van der Waals surface area contributed by atoms with E-state index in [2.05, 4.69) is 4.74 Å². The Morgan fingerprint density at radius 1 is 1.16 bits per heavy atom. The molecule has 0 spiro atoms. The Labute approximate surface area is 112 Å². The van der Waals surface area contributed by atoms with E-state index < -0.39 is 11.9 Å². The van der Waals surface area contributed by atoms with Crippen LogP contribution in [0.25, 0.3) is 0 Å². The van der Waals surface area contributed by atoms with Crippen LogP contribution in [0.4, 0.5) is 0 Å². The summed E-state index contributed by atoms with van der Waals surface area (Å²) in [6.07, 6.45) is 0.538. The topological polar surface area (TPSA) is 61.8 Å². The second kappa shape index (κ2) is 7.41. The van der Waals surface area contributed by atoms with Crippen LogP contribution in [0.5, 0.6) is 5.75 Å². The van der Waals surface area contributed by atoms with Crippen LogP contribution in [0.1, 0.15) is 18.1 Å². The molecule has 0 atom stereocenters. The van der Waals surface area contributed by atoms with Crippen molar-refractivity contribution in [2.24, 2.45) is 0 Å². The van der Waals surface area contributed by atoms with Gasteiger partial charge < -0.3 is 14.2 Å². The summed E-state index contributed by atoms with van der Waals surface area (Å²) in [5.41, 5.74) is 2.02. The van der Waals surface area contributed by atoms with Gasteiger partial charge in [0.2, 0.25) is 0 Å². The van der Waals surface area contributed by atoms with Crippen molar-refractivity contribution in [1.29, 1.82) is 0 Å². The molecule has 0 aliphatic heterocycles. The molecule has 5 heteroatoms. The number of benzene rings is 1. The lowest BCUT2D eigenvalue weighted by Crippen LogP contribution is -2.21. The predicted molar refractivity (Wildman–Crippen MR) is 69.0 cm³/mol. The third kappa shape index (κ3) is 4.62. The highest BCUT2D eigenvalue weighted by atomic mass is 16.6. The Balaban J connectivity index is 2.43. The maximum Gasteiger partial charge on any atom is 0.417 e. The molecular weight excluding hydrogens is 248 g/mol. The van der Waals surface area contributed by atoms with Crippen LogP contribution >= 0.6 is 0 Å². The second-order valence-electron chi connectivity index (χ2n) is 3.91. The highest BCUT2D eigenvalue weighted by molar-refractivity contribution is 6.29. The molecule has 0 fully saturated rings. The summed E-state index contributed by atoms with van der Waals surface area (Å²) in [6, 6.07) is 5.71. The quantitative estimate of drug-likeness (QED) is 0.599. The summed E-state index contributed by atoms with van der Waals surface area (Å²) in [7, 11) is 1.61. The van der Waals surface area contributed by atoms with E-state index in [1.807, 2.05) is 25.1 Å². The normalized spacial score (nSPS) is 9.84. The summed E-state index contributed by atoms with van der Waals surface area (Å²) >= 11 is 0. The minimum atomic E-state index is -0.952. The van der Waals surface area contributed by atoms with Crippen molar-refractivity contribution in [1.82, 2.24) is 0 Å². The first-order valence-electron chi connectivity index (χ1n) is 6.05. The molecule has 1 aromatic carbocycles. The average molecular weight is 266 g/mol. The van der Waals surface area contributed by atoms with E-state index in [4.69, 9.17) is 9.47 Å². The molecule has 0 unspecified atom stereocenters. The summed E-state index contributed by atoms with van der Waals surface area (Å²) in [5.74, 6) is -1.09. The van der Waals surface area contributed by atoms with E-state index in [1.165, 1.54) is 0 Å². The number of carbonyl (C=O) groups excluding carboxylic acids is 2. The lowest BCUT2D eigenvalue weighted by atomic mass is 10.1. The zero-order chi connectivity index (χ0) is 14.3. The van der Waals surface area contributed by atoms with Crippen LogP contribution in [0.2, 0.25) is 0 Å². The number of aryl methyl sites for hydroxylation is 1. The Kier molecular flexibility index (Phi) is 5.85. The molecule has 1 rings (SSSR count). The van der Waals surface area contributed by atoms with Crippen molar-refractivity contribution in [3.05, 3.63) is 29.3 Å². The highest BCUT2D eigenvalue weighted by Crippen LogP contribution is 2.18. The van der Waals surface area contributed by atoms with Gasteiger partial charge in [-0.1, -0.05) is 12.1 Å². The zero-order valence-electron chi connectivity index (χ0n) is 11.4. The van der Waals surface area contributed by atoms with Gasteiger partial charge in [-0.2, -0.15) is 0 Å². The summed E-state index contributed by atoms with van der Waals surface area (Å²) in [4.78, 5) is 22.2. The molecular formula is C14H18O5. The summed E-state index contributed by atoms with van der Waals surface area (Å²) in [5, 5.41) is 0. The smallest absolute Gasteiger partial charge is 0.417 e. The van der Waals surface area contributed by atoms with Crippen molar-refractivity contribution in [2.75, 3.05) is 20.3 Å². The molecule has 0 amide bonds. The van der Waals surface area contributed by atoms with E-state index in [1.54, 1.807) is 14.0 Å². The Morgan fingerprint density at radius 3 is 2.42 bits per heavy atom. The van der Waals surface area contributed by atoms with Crippen LogP contribution in [0.3, 0.4) is 0 Å². The molecule has 0 aliphatic rings. The number of ether oxygens (including phenoxy) is 3. The standard InChI is InChI=1S/C14H18O5/c1-4-18-13(15)14(16)19-8-7-11-5-6-12(17-3)10(2)9-11/h5-6,9H,4,7-8H2,1-3H3. The van der Waals surface area contributed by atoms with Gasteiger partial charge in [0.1, 0.15) is 5.75 Å². The van der Waals surface area contributed by atoms with E-state index in [-0.39, 0.29) is 13.2 Å². The van der Waals surface area contributed by atoms with Crippen molar-refractivity contribution >= 4 is 11.9 Å². The van der Waals surface area contributed by atoms with Gasteiger partial charge in [-0.3, -0.25) is 0 Å². The number of carbonyl (C=O) groups is 2. The van der Waals surface area contributed by atoms with Crippen LogP contribution in [-0.2, 0) is 25.5 Å². The second-order valence-corrected chi connectivity index (χ2v) is 3.91. The van der Waals surface area contributed by atoms with Crippen molar-refractivity contribution in [3.63, 3.8) is 0 Å².